The standard InChI is InChI=1S/C33H35N7O2/c1-21(41)39-16-25(17-39)29-14-24(28(22-6-3-2-4-7-22)15-31(29)40-19-34-18-35-20-40)13-26-12-23(10-11-36-26)27-8-5-9-30-32(27)38-33(42)37-30/h2-9,14-15,18-19,23,25-26,36H,10-13,16-17,20H2,1H3,(H2,37,38,42). The predicted octanol–water partition coefficient (Wildman–Crippen LogP) is 4.38. The van der Waals surface area contributed by atoms with E-state index in [0.717, 1.165) is 55.6 Å². The van der Waals surface area contributed by atoms with Gasteiger partial charge in [-0.15, -0.1) is 0 Å². The summed E-state index contributed by atoms with van der Waals surface area (Å²) in [7, 11) is 0. The quantitative estimate of drug-likeness (QED) is 0.325. The van der Waals surface area contributed by atoms with Crippen molar-refractivity contribution in [1.29, 1.82) is 0 Å². The maximum Gasteiger partial charge on any atom is 0.323 e. The summed E-state index contributed by atoms with van der Waals surface area (Å²) in [5, 5.41) is 3.79. The van der Waals surface area contributed by atoms with Gasteiger partial charge in [-0.1, -0.05) is 48.5 Å². The van der Waals surface area contributed by atoms with Gasteiger partial charge in [-0.05, 0) is 71.7 Å². The minimum absolute atomic E-state index is 0.120. The van der Waals surface area contributed by atoms with Crippen molar-refractivity contribution in [3.8, 4) is 11.1 Å². The number of nitrogens with zero attached hydrogens (tertiary/aromatic N) is 4. The topological polar surface area (TPSA) is 109 Å². The SMILES string of the molecule is CC(=O)N1CC(c2cc(CC3CC(c4cccc5[nH]c(=O)[nH]c45)CCN3)c(-c3ccccc3)cc2N2C=NC=NC2)C1. The molecular formula is C33H35N7O2. The molecule has 3 aliphatic rings. The lowest BCUT2D eigenvalue weighted by Crippen LogP contribution is -2.48. The van der Waals surface area contributed by atoms with Crippen LogP contribution in [-0.2, 0) is 11.2 Å². The summed E-state index contributed by atoms with van der Waals surface area (Å²) in [6.45, 7) is 4.53. The number of aromatic nitrogens is 2. The van der Waals surface area contributed by atoms with Crippen LogP contribution in [0.3, 0.4) is 0 Å². The number of amides is 1. The van der Waals surface area contributed by atoms with E-state index in [1.165, 1.54) is 27.8 Å². The third kappa shape index (κ3) is 5.05. The first-order chi connectivity index (χ1) is 20.5. The molecule has 9 nitrogen and oxygen atoms in total. The number of hydrogen-bond donors (Lipinski definition) is 3. The number of anilines is 1. The van der Waals surface area contributed by atoms with Gasteiger partial charge < -0.3 is 25.1 Å². The van der Waals surface area contributed by atoms with Crippen LogP contribution in [0.15, 0.2) is 75.4 Å². The number of fused-ring (bicyclic) bond motifs is 1. The van der Waals surface area contributed by atoms with Crippen LogP contribution < -0.4 is 15.9 Å². The van der Waals surface area contributed by atoms with Gasteiger partial charge in [-0.25, -0.2) is 9.79 Å². The molecule has 0 aliphatic carbocycles. The van der Waals surface area contributed by atoms with Gasteiger partial charge in [0.1, 0.15) is 13.0 Å². The smallest absolute Gasteiger partial charge is 0.323 e. The third-order valence-corrected chi connectivity index (χ3v) is 8.99. The molecule has 0 spiro atoms. The zero-order valence-corrected chi connectivity index (χ0v) is 23.7. The van der Waals surface area contributed by atoms with Crippen molar-refractivity contribution >= 4 is 35.3 Å². The maximum absolute atomic E-state index is 12.1. The van der Waals surface area contributed by atoms with Gasteiger partial charge in [-0.2, -0.15) is 0 Å². The van der Waals surface area contributed by atoms with E-state index in [9.17, 15) is 9.59 Å². The van der Waals surface area contributed by atoms with E-state index in [1.54, 1.807) is 13.3 Å². The highest BCUT2D eigenvalue weighted by Gasteiger charge is 2.34. The van der Waals surface area contributed by atoms with Gasteiger partial charge in [0.05, 0.1) is 17.4 Å². The van der Waals surface area contributed by atoms with Gasteiger partial charge in [0, 0.05) is 37.7 Å². The summed E-state index contributed by atoms with van der Waals surface area (Å²) >= 11 is 0. The fraction of sp³-hybridized carbons (Fsp3) is 0.333. The number of imidazole rings is 1. The molecule has 7 rings (SSSR count). The number of piperidine rings is 1. The Morgan fingerprint density at radius 1 is 1.00 bits per heavy atom. The highest BCUT2D eigenvalue weighted by Crippen LogP contribution is 2.40. The lowest BCUT2D eigenvalue weighted by Gasteiger charge is -2.41. The minimum Gasteiger partial charge on any atom is -0.342 e. The summed E-state index contributed by atoms with van der Waals surface area (Å²) in [5.74, 6) is 0.736. The van der Waals surface area contributed by atoms with Crippen LogP contribution in [-0.4, -0.2) is 65.8 Å². The van der Waals surface area contributed by atoms with Crippen LogP contribution in [0, 0.1) is 0 Å². The van der Waals surface area contributed by atoms with Gasteiger partial charge in [0.25, 0.3) is 0 Å². The average molecular weight is 562 g/mol. The maximum atomic E-state index is 12.1. The highest BCUT2D eigenvalue weighted by atomic mass is 16.2. The number of rotatable bonds is 6. The molecule has 1 aromatic heterocycles. The number of para-hydroxylation sites is 1. The number of nitrogens with one attached hydrogen (secondary N) is 3. The molecule has 9 heteroatoms. The lowest BCUT2D eigenvalue weighted by molar-refractivity contribution is -0.133. The van der Waals surface area contributed by atoms with Crippen molar-refractivity contribution in [3.05, 3.63) is 87.8 Å². The molecular weight excluding hydrogens is 526 g/mol. The molecule has 4 aromatic rings. The molecule has 42 heavy (non-hydrogen) atoms. The molecule has 214 valence electrons. The number of carbonyl (C=O) groups is 1. The molecule has 0 bridgehead atoms. The van der Waals surface area contributed by atoms with Gasteiger partial charge in [0.2, 0.25) is 5.91 Å². The molecule has 0 saturated carbocycles. The first-order valence-corrected chi connectivity index (χ1v) is 14.7. The van der Waals surface area contributed by atoms with E-state index in [1.807, 2.05) is 29.4 Å². The van der Waals surface area contributed by atoms with Crippen LogP contribution in [0.4, 0.5) is 5.69 Å². The van der Waals surface area contributed by atoms with Crippen LogP contribution in [0.5, 0.6) is 0 Å². The van der Waals surface area contributed by atoms with Gasteiger partial charge in [-0.3, -0.25) is 9.79 Å². The Morgan fingerprint density at radius 3 is 2.64 bits per heavy atom. The summed E-state index contributed by atoms with van der Waals surface area (Å²) < 4.78 is 0. The Morgan fingerprint density at radius 2 is 1.86 bits per heavy atom. The minimum atomic E-state index is -0.160. The first kappa shape index (κ1) is 26.4. The van der Waals surface area contributed by atoms with E-state index in [-0.39, 0.29) is 23.6 Å². The fourth-order valence-corrected chi connectivity index (χ4v) is 6.80. The normalized spacial score (nSPS) is 20.7. The monoisotopic (exact) mass is 561 g/mol. The van der Waals surface area contributed by atoms with Gasteiger partial charge >= 0.3 is 5.69 Å². The van der Waals surface area contributed by atoms with Crippen molar-refractivity contribution in [2.75, 3.05) is 31.2 Å². The zero-order chi connectivity index (χ0) is 28.6. The second kappa shape index (κ2) is 11.1. The molecule has 2 unspecified atom stereocenters. The number of H-pyrrole nitrogens is 2. The van der Waals surface area contributed by atoms with Crippen LogP contribution in [0.1, 0.15) is 48.3 Å². The highest BCUT2D eigenvalue weighted by molar-refractivity contribution is 5.90. The van der Waals surface area contributed by atoms with E-state index >= 15 is 0 Å². The number of hydrogen-bond acceptors (Lipinski definition) is 6. The van der Waals surface area contributed by atoms with Crippen molar-refractivity contribution in [2.24, 2.45) is 9.98 Å². The van der Waals surface area contributed by atoms with Gasteiger partial charge in [0.15, 0.2) is 0 Å². The Kier molecular flexibility index (Phi) is 6.95. The Bertz CT molecular complexity index is 1730. The molecule has 3 aromatic carbocycles. The number of benzene rings is 3. The molecule has 4 heterocycles. The Balaban J connectivity index is 1.25. The van der Waals surface area contributed by atoms with Crippen molar-refractivity contribution in [1.82, 2.24) is 20.2 Å². The van der Waals surface area contributed by atoms with E-state index in [2.05, 4.69) is 72.6 Å². The van der Waals surface area contributed by atoms with Crippen molar-refractivity contribution in [2.45, 2.75) is 44.1 Å². The van der Waals surface area contributed by atoms with E-state index < -0.39 is 0 Å². The number of aromatic amines is 2. The Hall–Kier alpha value is -4.50. The van der Waals surface area contributed by atoms with E-state index in [0.29, 0.717) is 12.6 Å². The Labute approximate surface area is 244 Å². The molecule has 0 radical (unpaired) electrons. The molecule has 2 fully saturated rings. The molecule has 3 N–H and O–H groups in total. The molecule has 1 amide bonds. The van der Waals surface area contributed by atoms with Crippen molar-refractivity contribution in [3.63, 3.8) is 0 Å². The largest absolute Gasteiger partial charge is 0.342 e. The second-order valence-corrected chi connectivity index (χ2v) is 11.7. The third-order valence-electron chi connectivity index (χ3n) is 8.99. The average Bonchev–Trinajstić information content (AvgIpc) is 3.38. The van der Waals surface area contributed by atoms with Crippen LogP contribution in [0.25, 0.3) is 22.2 Å². The second-order valence-electron chi connectivity index (χ2n) is 11.7. The molecule has 2 saturated heterocycles. The number of aliphatic imine (C=N–C) groups is 2. The van der Waals surface area contributed by atoms with Crippen LogP contribution >= 0.6 is 0 Å². The van der Waals surface area contributed by atoms with Crippen LogP contribution in [0.2, 0.25) is 0 Å². The number of carbonyl (C=O) groups excluding carboxylic acids is 1. The first-order valence-electron chi connectivity index (χ1n) is 14.7. The summed E-state index contributed by atoms with van der Waals surface area (Å²) in [6, 6.07) is 21.7. The van der Waals surface area contributed by atoms with Crippen molar-refractivity contribution < 1.29 is 4.79 Å². The predicted molar refractivity (Wildman–Crippen MR) is 168 cm³/mol. The zero-order valence-electron chi connectivity index (χ0n) is 23.7. The summed E-state index contributed by atoms with van der Waals surface area (Å²) in [6.07, 6.45) is 6.32. The summed E-state index contributed by atoms with van der Waals surface area (Å²) in [5.41, 5.74) is 8.87. The summed E-state index contributed by atoms with van der Waals surface area (Å²) in [4.78, 5) is 42.7. The fourth-order valence-electron chi connectivity index (χ4n) is 6.80. The lowest BCUT2D eigenvalue weighted by atomic mass is 9.81. The molecule has 2 atom stereocenters. The number of likely N-dealkylation sites (tertiary alicyclic amines) is 1. The van der Waals surface area contributed by atoms with E-state index in [4.69, 9.17) is 0 Å². The molecule has 3 aliphatic heterocycles.